The van der Waals surface area contributed by atoms with E-state index in [1.165, 1.54) is 18.9 Å². The number of nitro groups is 1. The Labute approximate surface area is 255 Å². The molecule has 234 valence electrons. The van der Waals surface area contributed by atoms with Crippen molar-refractivity contribution < 1.29 is 14.3 Å². The number of nitrogens with one attached hydrogen (secondary N) is 4. The Bertz CT molecular complexity index is 1520. The fraction of sp³-hybridized carbons (Fsp3) is 0.500. The summed E-state index contributed by atoms with van der Waals surface area (Å²) >= 11 is 0. The number of non-ortho nitro benzene ring substituents is 1. The summed E-state index contributed by atoms with van der Waals surface area (Å²) in [6.07, 6.45) is 8.56. The molecule has 14 nitrogen and oxygen atoms in total. The minimum atomic E-state index is -0.491. The molecule has 2 heterocycles. The van der Waals surface area contributed by atoms with Gasteiger partial charge in [0.1, 0.15) is 5.75 Å². The molecule has 1 aliphatic rings. The molecule has 1 fully saturated rings. The predicted molar refractivity (Wildman–Crippen MR) is 169 cm³/mol. The molecule has 0 radical (unpaired) electrons. The van der Waals surface area contributed by atoms with Crippen molar-refractivity contribution in [3.63, 3.8) is 0 Å². The summed E-state index contributed by atoms with van der Waals surface area (Å²) in [5.74, 6) is 3.23. The average molecular weight is 605 g/mol. The Morgan fingerprint density at radius 3 is 2.34 bits per heavy atom. The number of anilines is 4. The van der Waals surface area contributed by atoms with Gasteiger partial charge in [-0.1, -0.05) is 31.9 Å². The van der Waals surface area contributed by atoms with Crippen LogP contribution in [0, 0.1) is 16.0 Å². The maximum Gasteiger partial charge on any atom is 0.300 e. The van der Waals surface area contributed by atoms with E-state index >= 15 is 0 Å². The van der Waals surface area contributed by atoms with Crippen LogP contribution in [-0.4, -0.2) is 56.4 Å². The highest BCUT2D eigenvalue weighted by Crippen LogP contribution is 2.29. The summed E-state index contributed by atoms with van der Waals surface area (Å²) in [6, 6.07) is 11.3. The first-order chi connectivity index (χ1) is 21.5. The molecule has 4 N–H and O–H groups in total. The van der Waals surface area contributed by atoms with Crippen LogP contribution in [0.2, 0.25) is 0 Å². The van der Waals surface area contributed by atoms with Gasteiger partial charge in [0.25, 0.3) is 0 Å². The van der Waals surface area contributed by atoms with Gasteiger partial charge in [-0.3, -0.25) is 10.1 Å². The fourth-order valence-corrected chi connectivity index (χ4v) is 5.32. The van der Waals surface area contributed by atoms with E-state index in [0.717, 1.165) is 62.3 Å². The lowest BCUT2D eigenvalue weighted by Crippen LogP contribution is -2.26. The van der Waals surface area contributed by atoms with Gasteiger partial charge in [0.2, 0.25) is 23.4 Å². The molecule has 5 rings (SSSR count). The van der Waals surface area contributed by atoms with Crippen molar-refractivity contribution in [3.8, 4) is 5.75 Å². The number of nitro benzene ring substituents is 1. The molecule has 1 saturated carbocycles. The second-order valence-corrected chi connectivity index (χ2v) is 11.2. The number of hydrogen-bond donors (Lipinski definition) is 4. The van der Waals surface area contributed by atoms with E-state index in [-0.39, 0.29) is 11.2 Å². The van der Waals surface area contributed by atoms with Gasteiger partial charge in [-0.2, -0.15) is 15.0 Å². The minimum Gasteiger partial charge on any atom is -0.497 e. The Morgan fingerprint density at radius 2 is 1.59 bits per heavy atom. The van der Waals surface area contributed by atoms with Gasteiger partial charge >= 0.3 is 5.69 Å². The molecular weight excluding hydrogens is 564 g/mol. The van der Waals surface area contributed by atoms with E-state index in [2.05, 4.69) is 53.5 Å². The van der Waals surface area contributed by atoms with Gasteiger partial charge in [-0.05, 0) is 78.5 Å². The summed E-state index contributed by atoms with van der Waals surface area (Å²) < 4.78 is 10.1. The van der Waals surface area contributed by atoms with Crippen molar-refractivity contribution in [2.24, 2.45) is 5.92 Å². The van der Waals surface area contributed by atoms with E-state index in [1.54, 1.807) is 13.2 Å². The fourth-order valence-electron chi connectivity index (χ4n) is 5.32. The predicted octanol–water partition coefficient (Wildman–Crippen LogP) is 6.01. The van der Waals surface area contributed by atoms with Crippen LogP contribution in [0.5, 0.6) is 5.75 Å². The van der Waals surface area contributed by atoms with E-state index in [4.69, 9.17) is 9.37 Å². The SMILES string of the molecule is COc1cccc(CNc2nc(NCCCCCCNc3ccc([N+](=O)[O-])c4nonc34)nc(NC3CCC(C)CC3)n2)c1. The number of rotatable bonds is 16. The number of methoxy groups -OCH3 is 1. The normalized spacial score (nSPS) is 16.4. The molecule has 0 spiro atoms. The highest BCUT2D eigenvalue weighted by molar-refractivity contribution is 5.93. The number of hydrogen-bond acceptors (Lipinski definition) is 13. The molecule has 2 aromatic carbocycles. The van der Waals surface area contributed by atoms with Crippen molar-refractivity contribution in [1.29, 1.82) is 0 Å². The molecular formula is C30H40N10O4. The van der Waals surface area contributed by atoms with Crippen LogP contribution < -0.4 is 26.0 Å². The molecule has 0 saturated heterocycles. The van der Waals surface area contributed by atoms with Gasteiger partial charge in [0.15, 0.2) is 5.52 Å². The second-order valence-electron chi connectivity index (χ2n) is 11.2. The third-order valence-electron chi connectivity index (χ3n) is 7.86. The number of unbranched alkanes of at least 4 members (excludes halogenated alkanes) is 3. The summed E-state index contributed by atoms with van der Waals surface area (Å²) in [5, 5.41) is 32.2. The Kier molecular flexibility index (Phi) is 10.5. The third kappa shape index (κ3) is 8.42. The molecule has 0 bridgehead atoms. The van der Waals surface area contributed by atoms with Crippen LogP contribution in [-0.2, 0) is 6.54 Å². The van der Waals surface area contributed by atoms with E-state index < -0.39 is 4.92 Å². The molecule has 14 heteroatoms. The zero-order valence-electron chi connectivity index (χ0n) is 25.2. The summed E-state index contributed by atoms with van der Waals surface area (Å²) in [7, 11) is 1.66. The monoisotopic (exact) mass is 604 g/mol. The largest absolute Gasteiger partial charge is 0.497 e. The first-order valence-corrected chi connectivity index (χ1v) is 15.3. The number of aromatic nitrogens is 5. The van der Waals surface area contributed by atoms with Crippen molar-refractivity contribution in [1.82, 2.24) is 25.3 Å². The number of fused-ring (bicyclic) bond motifs is 1. The highest BCUT2D eigenvalue weighted by Gasteiger charge is 2.20. The van der Waals surface area contributed by atoms with E-state index in [9.17, 15) is 10.1 Å². The standard InChI is InChI=1S/C30H40N10O4/c1-20-10-12-22(13-11-20)34-30-36-28(35-29(37-30)33-19-21-8-7-9-23(18-21)43-2)32-17-6-4-3-5-16-31-24-14-15-25(40(41)42)27-26(24)38-44-39-27/h7-9,14-15,18,20,22,31H,3-6,10-13,16-17,19H2,1-2H3,(H3,32,33,34,35,36,37). The zero-order chi connectivity index (χ0) is 30.7. The van der Waals surface area contributed by atoms with Gasteiger partial charge in [0, 0.05) is 31.7 Å². The van der Waals surface area contributed by atoms with Gasteiger partial charge in [-0.25, -0.2) is 4.63 Å². The number of benzene rings is 2. The van der Waals surface area contributed by atoms with Crippen LogP contribution in [0.1, 0.15) is 63.9 Å². The van der Waals surface area contributed by atoms with Gasteiger partial charge < -0.3 is 26.0 Å². The van der Waals surface area contributed by atoms with Crippen molar-refractivity contribution in [3.05, 3.63) is 52.1 Å². The van der Waals surface area contributed by atoms with Gasteiger partial charge in [-0.15, -0.1) is 0 Å². The molecule has 0 atom stereocenters. The highest BCUT2D eigenvalue weighted by atomic mass is 16.6. The molecule has 0 amide bonds. The number of nitrogens with zero attached hydrogens (tertiary/aromatic N) is 6. The number of ether oxygens (including phenoxy) is 1. The molecule has 2 aromatic heterocycles. The molecule has 0 unspecified atom stereocenters. The molecule has 4 aromatic rings. The molecule has 44 heavy (non-hydrogen) atoms. The van der Waals surface area contributed by atoms with Crippen molar-refractivity contribution in [2.45, 2.75) is 70.9 Å². The third-order valence-corrected chi connectivity index (χ3v) is 7.86. The minimum absolute atomic E-state index is 0.122. The van der Waals surface area contributed by atoms with Crippen molar-refractivity contribution in [2.75, 3.05) is 41.5 Å². The lowest BCUT2D eigenvalue weighted by atomic mass is 9.87. The Morgan fingerprint density at radius 1 is 0.886 bits per heavy atom. The first kappa shape index (κ1) is 30.7. The van der Waals surface area contributed by atoms with Crippen LogP contribution in [0.25, 0.3) is 11.0 Å². The van der Waals surface area contributed by atoms with E-state index in [0.29, 0.717) is 48.2 Å². The summed E-state index contributed by atoms with van der Waals surface area (Å²) in [6.45, 7) is 4.32. The quantitative estimate of drug-likeness (QED) is 0.0664. The Hall–Kier alpha value is -4.75. The average Bonchev–Trinajstić information content (AvgIpc) is 3.53. The zero-order valence-corrected chi connectivity index (χ0v) is 25.2. The van der Waals surface area contributed by atoms with Crippen molar-refractivity contribution >= 4 is 40.3 Å². The molecule has 1 aliphatic carbocycles. The van der Waals surface area contributed by atoms with Gasteiger partial charge in [0.05, 0.1) is 17.7 Å². The van der Waals surface area contributed by atoms with E-state index in [1.807, 2.05) is 24.3 Å². The lowest BCUT2D eigenvalue weighted by molar-refractivity contribution is -0.383. The maximum atomic E-state index is 11.2. The smallest absolute Gasteiger partial charge is 0.300 e. The maximum absolute atomic E-state index is 11.2. The second kappa shape index (κ2) is 15.1. The topological polar surface area (TPSA) is 178 Å². The lowest BCUT2D eigenvalue weighted by Gasteiger charge is -2.27. The molecule has 0 aliphatic heterocycles. The van der Waals surface area contributed by atoms with Crippen LogP contribution in [0.4, 0.5) is 29.2 Å². The van der Waals surface area contributed by atoms with Crippen LogP contribution >= 0.6 is 0 Å². The summed E-state index contributed by atoms with van der Waals surface area (Å²) in [5.41, 5.74) is 2.13. The Balaban J connectivity index is 1.09. The van der Waals surface area contributed by atoms with Crippen LogP contribution in [0.15, 0.2) is 41.0 Å². The first-order valence-electron chi connectivity index (χ1n) is 15.3. The summed E-state index contributed by atoms with van der Waals surface area (Å²) in [4.78, 5) is 24.7. The van der Waals surface area contributed by atoms with Crippen LogP contribution in [0.3, 0.4) is 0 Å².